The number of nitrogens with one attached hydrogen (secondary N) is 1. The number of anilines is 1. The molecule has 0 aliphatic rings. The maximum Gasteiger partial charge on any atom is 0.416 e. The Labute approximate surface area is 119 Å². The van der Waals surface area contributed by atoms with Gasteiger partial charge >= 0.3 is 12.1 Å². The van der Waals surface area contributed by atoms with Crippen LogP contribution >= 0.6 is 0 Å². The van der Waals surface area contributed by atoms with Crippen molar-refractivity contribution < 1.29 is 33.3 Å². The third kappa shape index (κ3) is 3.85. The zero-order valence-corrected chi connectivity index (χ0v) is 11.2. The van der Waals surface area contributed by atoms with E-state index in [2.05, 4.69) is 5.32 Å². The van der Waals surface area contributed by atoms with Gasteiger partial charge in [-0.05, 0) is 24.6 Å². The van der Waals surface area contributed by atoms with Crippen molar-refractivity contribution in [3.05, 3.63) is 29.3 Å². The second-order valence-electron chi connectivity index (χ2n) is 4.64. The molecule has 0 fully saturated rings. The molecule has 0 unspecified atom stereocenters. The summed E-state index contributed by atoms with van der Waals surface area (Å²) in [5.41, 5.74) is -2.96. The topological polar surface area (TPSA) is 89.8 Å². The van der Waals surface area contributed by atoms with Crippen LogP contribution in [-0.2, 0) is 6.18 Å². The smallest absolute Gasteiger partial charge is 0.416 e. The third-order valence-corrected chi connectivity index (χ3v) is 3.26. The molecule has 0 aromatic heterocycles. The highest BCUT2D eigenvalue weighted by Gasteiger charge is 2.33. The van der Waals surface area contributed by atoms with Crippen molar-refractivity contribution >= 4 is 11.7 Å². The van der Waals surface area contributed by atoms with Gasteiger partial charge in [0.25, 0.3) is 0 Å². The van der Waals surface area contributed by atoms with E-state index in [1.165, 1.54) is 0 Å². The van der Waals surface area contributed by atoms with E-state index < -0.39 is 42.0 Å². The van der Waals surface area contributed by atoms with Gasteiger partial charge in [-0.15, -0.1) is 0 Å². The maximum atomic E-state index is 12.6. The summed E-state index contributed by atoms with van der Waals surface area (Å²) in [7, 11) is 0. The van der Waals surface area contributed by atoms with Gasteiger partial charge in [0.2, 0.25) is 0 Å². The highest BCUT2D eigenvalue weighted by Crippen LogP contribution is 2.33. The number of rotatable bonds is 6. The highest BCUT2D eigenvalue weighted by atomic mass is 19.4. The van der Waals surface area contributed by atoms with E-state index in [0.29, 0.717) is 6.07 Å². The van der Waals surface area contributed by atoms with Gasteiger partial charge in [0.05, 0.1) is 29.9 Å². The Morgan fingerprint density at radius 1 is 1.24 bits per heavy atom. The Morgan fingerprint density at radius 3 is 2.19 bits per heavy atom. The minimum absolute atomic E-state index is 0.0968. The van der Waals surface area contributed by atoms with Gasteiger partial charge in [0, 0.05) is 5.69 Å². The minimum Gasteiger partial charge on any atom is -0.478 e. The summed E-state index contributed by atoms with van der Waals surface area (Å²) in [6.45, 7) is 0.643. The van der Waals surface area contributed by atoms with Crippen LogP contribution in [0.1, 0.15) is 29.3 Å². The Morgan fingerprint density at radius 2 is 1.81 bits per heavy atom. The van der Waals surface area contributed by atoms with Crippen molar-refractivity contribution in [1.29, 1.82) is 0 Å². The first-order valence-corrected chi connectivity index (χ1v) is 6.13. The molecule has 0 bridgehead atoms. The molecule has 4 N–H and O–H groups in total. The van der Waals surface area contributed by atoms with Crippen molar-refractivity contribution in [3.8, 4) is 0 Å². The molecule has 0 amide bonds. The van der Waals surface area contributed by atoms with Crippen LogP contribution < -0.4 is 5.32 Å². The van der Waals surface area contributed by atoms with Crippen LogP contribution in [0.5, 0.6) is 0 Å². The molecule has 118 valence electrons. The Hall–Kier alpha value is -1.80. The fourth-order valence-electron chi connectivity index (χ4n) is 1.73. The molecule has 0 radical (unpaired) electrons. The van der Waals surface area contributed by atoms with Gasteiger partial charge in [0.15, 0.2) is 0 Å². The summed E-state index contributed by atoms with van der Waals surface area (Å²) in [5.74, 6) is -1.54. The molecule has 0 spiro atoms. The molecule has 0 aliphatic carbocycles. The van der Waals surface area contributed by atoms with E-state index in [4.69, 9.17) is 5.11 Å². The number of halogens is 3. The minimum atomic E-state index is -4.65. The quantitative estimate of drug-likeness (QED) is 0.645. The SMILES string of the molecule is CCC(CO)(CO)Nc1ccc(C(F)(F)F)cc1C(=O)O. The van der Waals surface area contributed by atoms with Gasteiger partial charge in [0.1, 0.15) is 0 Å². The van der Waals surface area contributed by atoms with Gasteiger partial charge in [-0.2, -0.15) is 13.2 Å². The van der Waals surface area contributed by atoms with Gasteiger partial charge in [-0.25, -0.2) is 4.79 Å². The first-order valence-electron chi connectivity index (χ1n) is 6.13. The fourth-order valence-corrected chi connectivity index (χ4v) is 1.73. The van der Waals surface area contributed by atoms with Crippen LogP contribution in [0, 0.1) is 0 Å². The average molecular weight is 307 g/mol. The number of aliphatic hydroxyl groups excluding tert-OH is 2. The largest absolute Gasteiger partial charge is 0.478 e. The lowest BCUT2D eigenvalue weighted by Gasteiger charge is -2.31. The predicted octanol–water partition coefficient (Wildman–Crippen LogP) is 1.95. The lowest BCUT2D eigenvalue weighted by molar-refractivity contribution is -0.137. The lowest BCUT2D eigenvalue weighted by atomic mass is 9.96. The number of hydrogen-bond acceptors (Lipinski definition) is 4. The van der Waals surface area contributed by atoms with Crippen molar-refractivity contribution in [2.24, 2.45) is 0 Å². The Kier molecular flexibility index (Phi) is 5.19. The molecular weight excluding hydrogens is 291 g/mol. The molecule has 0 atom stereocenters. The molecule has 1 aromatic carbocycles. The second-order valence-corrected chi connectivity index (χ2v) is 4.64. The summed E-state index contributed by atoms with van der Waals surface area (Å²) in [4.78, 5) is 11.1. The zero-order chi connectivity index (χ0) is 16.3. The molecular formula is C13H16F3NO4. The van der Waals surface area contributed by atoms with E-state index in [1.807, 2.05) is 0 Å². The number of carboxylic acid groups (broad SMARTS) is 1. The number of aliphatic hydroxyl groups is 2. The monoisotopic (exact) mass is 307 g/mol. The van der Waals surface area contributed by atoms with Crippen LogP contribution in [0.15, 0.2) is 18.2 Å². The fraction of sp³-hybridized carbons (Fsp3) is 0.462. The summed E-state index contributed by atoms with van der Waals surface area (Å²) in [5, 5.41) is 30.3. The molecule has 0 saturated heterocycles. The molecule has 0 heterocycles. The first kappa shape index (κ1) is 17.3. The first-order chi connectivity index (χ1) is 9.69. The van der Waals surface area contributed by atoms with Crippen LogP contribution in [-0.4, -0.2) is 40.0 Å². The molecule has 1 rings (SSSR count). The van der Waals surface area contributed by atoms with E-state index >= 15 is 0 Å². The summed E-state index contributed by atoms with van der Waals surface area (Å²) in [6, 6.07) is 2.23. The molecule has 0 aliphatic heterocycles. The van der Waals surface area contributed by atoms with Crippen molar-refractivity contribution in [1.82, 2.24) is 0 Å². The standard InChI is InChI=1S/C13H16F3NO4/c1-2-12(6-18,7-19)17-10-4-3-8(13(14,15)16)5-9(10)11(20)21/h3-5,17-19H,2,6-7H2,1H3,(H,20,21). The molecule has 0 saturated carbocycles. The van der Waals surface area contributed by atoms with Gasteiger partial charge < -0.3 is 20.6 Å². The lowest BCUT2D eigenvalue weighted by Crippen LogP contribution is -2.45. The molecule has 21 heavy (non-hydrogen) atoms. The normalized spacial score (nSPS) is 12.3. The molecule has 1 aromatic rings. The number of benzene rings is 1. The van der Waals surface area contributed by atoms with Crippen molar-refractivity contribution in [3.63, 3.8) is 0 Å². The van der Waals surface area contributed by atoms with E-state index in [1.54, 1.807) is 6.92 Å². The zero-order valence-electron chi connectivity index (χ0n) is 11.2. The Balaban J connectivity index is 3.28. The maximum absolute atomic E-state index is 12.6. The average Bonchev–Trinajstić information content (AvgIpc) is 2.43. The Bertz CT molecular complexity index is 504. The third-order valence-electron chi connectivity index (χ3n) is 3.26. The summed E-state index contributed by atoms with van der Waals surface area (Å²) >= 11 is 0. The molecule has 5 nitrogen and oxygen atoms in total. The van der Waals surface area contributed by atoms with Crippen LogP contribution in [0.2, 0.25) is 0 Å². The van der Waals surface area contributed by atoms with E-state index in [0.717, 1.165) is 12.1 Å². The van der Waals surface area contributed by atoms with E-state index in [9.17, 15) is 28.2 Å². The van der Waals surface area contributed by atoms with Crippen LogP contribution in [0.4, 0.5) is 18.9 Å². The number of carboxylic acids is 1. The van der Waals surface area contributed by atoms with E-state index in [-0.39, 0.29) is 12.1 Å². The van der Waals surface area contributed by atoms with Crippen molar-refractivity contribution in [2.45, 2.75) is 25.1 Å². The predicted molar refractivity (Wildman–Crippen MR) is 69.2 cm³/mol. The molecule has 8 heteroatoms. The van der Waals surface area contributed by atoms with Crippen LogP contribution in [0.3, 0.4) is 0 Å². The number of aromatic carboxylic acids is 1. The van der Waals surface area contributed by atoms with Gasteiger partial charge in [-0.3, -0.25) is 0 Å². The highest BCUT2D eigenvalue weighted by molar-refractivity contribution is 5.94. The second kappa shape index (κ2) is 6.31. The van der Waals surface area contributed by atoms with Crippen molar-refractivity contribution in [2.75, 3.05) is 18.5 Å². The van der Waals surface area contributed by atoms with Crippen LogP contribution in [0.25, 0.3) is 0 Å². The number of hydrogen-bond donors (Lipinski definition) is 4. The summed E-state index contributed by atoms with van der Waals surface area (Å²) in [6.07, 6.45) is -4.40. The number of carbonyl (C=O) groups is 1. The number of alkyl halides is 3. The summed E-state index contributed by atoms with van der Waals surface area (Å²) < 4.78 is 37.8. The van der Waals surface area contributed by atoms with Gasteiger partial charge in [-0.1, -0.05) is 6.92 Å².